The lowest BCUT2D eigenvalue weighted by atomic mass is 10.1. The van der Waals surface area contributed by atoms with Crippen LogP contribution in [0, 0.1) is 14.9 Å². The van der Waals surface area contributed by atoms with Crippen molar-refractivity contribution in [1.29, 1.82) is 5.26 Å². The summed E-state index contributed by atoms with van der Waals surface area (Å²) < 4.78 is 6.31. The molecule has 0 saturated carbocycles. The van der Waals surface area contributed by atoms with Crippen LogP contribution in [0.4, 0.5) is 0 Å². The summed E-state index contributed by atoms with van der Waals surface area (Å²) in [6.07, 6.45) is 2.82. The van der Waals surface area contributed by atoms with Crippen LogP contribution < -0.4 is 4.74 Å². The van der Waals surface area contributed by atoms with Crippen molar-refractivity contribution in [1.82, 2.24) is 0 Å². The monoisotopic (exact) mass is 297 g/mol. The van der Waals surface area contributed by atoms with E-state index in [4.69, 9.17) is 10.00 Å². The molecule has 2 rings (SSSR count). The first-order valence-electron chi connectivity index (χ1n) is 4.23. The van der Waals surface area contributed by atoms with E-state index in [0.717, 1.165) is 26.9 Å². The summed E-state index contributed by atoms with van der Waals surface area (Å²) in [5, 5.41) is 8.88. The van der Waals surface area contributed by atoms with Gasteiger partial charge in [-0.05, 0) is 52.3 Å². The number of allylic oxidation sites excluding steroid dienone is 2. The largest absolute Gasteiger partial charge is 0.496 e. The second-order valence-corrected chi connectivity index (χ2v) is 4.24. The van der Waals surface area contributed by atoms with Gasteiger partial charge in [-0.2, -0.15) is 5.26 Å². The van der Waals surface area contributed by atoms with Crippen LogP contribution in [0.25, 0.3) is 5.57 Å². The van der Waals surface area contributed by atoms with Crippen molar-refractivity contribution in [3.05, 3.63) is 32.9 Å². The Bertz CT molecular complexity index is 457. The first kappa shape index (κ1) is 9.53. The number of ether oxygens (including phenoxy) is 1. The van der Waals surface area contributed by atoms with E-state index in [1.807, 2.05) is 12.1 Å². The Morgan fingerprint density at radius 3 is 2.93 bits per heavy atom. The Hall–Kier alpha value is -1.02. The molecule has 0 fully saturated rings. The number of hydrogen-bond acceptors (Lipinski definition) is 2. The lowest BCUT2D eigenvalue weighted by Crippen LogP contribution is -1.91. The minimum atomic E-state index is 0.759. The fourth-order valence-electron chi connectivity index (χ4n) is 1.60. The first-order valence-corrected chi connectivity index (χ1v) is 5.31. The summed E-state index contributed by atoms with van der Waals surface area (Å²) in [6, 6.07) is 6.22. The maximum absolute atomic E-state index is 8.88. The summed E-state index contributed by atoms with van der Waals surface area (Å²) in [7, 11) is 1.65. The van der Waals surface area contributed by atoms with E-state index >= 15 is 0 Å². The first-order chi connectivity index (χ1) is 6.76. The van der Waals surface area contributed by atoms with Crippen LogP contribution in [0.5, 0.6) is 5.75 Å². The molecule has 0 heterocycles. The number of rotatable bonds is 1. The quantitative estimate of drug-likeness (QED) is 0.747. The Balaban J connectivity index is 2.57. The molecule has 1 aliphatic rings. The van der Waals surface area contributed by atoms with Crippen LogP contribution in [-0.4, -0.2) is 7.11 Å². The predicted molar refractivity (Wildman–Crippen MR) is 63.0 cm³/mol. The maximum atomic E-state index is 8.88. The molecule has 0 bridgehead atoms. The lowest BCUT2D eigenvalue weighted by molar-refractivity contribution is 0.411. The number of hydrogen-bond donors (Lipinski definition) is 0. The average Bonchev–Trinajstić information content (AvgIpc) is 2.58. The van der Waals surface area contributed by atoms with E-state index in [1.54, 1.807) is 7.11 Å². The van der Waals surface area contributed by atoms with Gasteiger partial charge in [0.05, 0.1) is 22.3 Å². The molecule has 2 nitrogen and oxygen atoms in total. The molecule has 0 amide bonds. The zero-order valence-electron chi connectivity index (χ0n) is 7.67. The summed E-state index contributed by atoms with van der Waals surface area (Å²) in [4.78, 5) is 0. The van der Waals surface area contributed by atoms with E-state index in [9.17, 15) is 0 Å². The highest BCUT2D eigenvalue weighted by Crippen LogP contribution is 2.33. The van der Waals surface area contributed by atoms with Gasteiger partial charge in [-0.25, -0.2) is 0 Å². The van der Waals surface area contributed by atoms with Crippen molar-refractivity contribution in [2.45, 2.75) is 6.42 Å². The van der Waals surface area contributed by atoms with Gasteiger partial charge in [0.2, 0.25) is 0 Å². The standard InChI is InChI=1S/C11H8INO/c1-14-11-5-9-7(4-10(11)12)2-3-8(9)6-13/h3-5H,2H2,1H3. The third-order valence-corrected chi connectivity index (χ3v) is 3.16. The summed E-state index contributed by atoms with van der Waals surface area (Å²) in [5.41, 5.74) is 2.99. The van der Waals surface area contributed by atoms with Gasteiger partial charge in [0.1, 0.15) is 5.75 Å². The van der Waals surface area contributed by atoms with E-state index in [-0.39, 0.29) is 0 Å². The van der Waals surface area contributed by atoms with Crippen molar-refractivity contribution in [2.75, 3.05) is 7.11 Å². The lowest BCUT2D eigenvalue weighted by Gasteiger charge is -2.07. The zero-order chi connectivity index (χ0) is 10.1. The molecule has 1 aromatic rings. The molecule has 0 atom stereocenters. The van der Waals surface area contributed by atoms with Crippen LogP contribution in [0.1, 0.15) is 11.1 Å². The Morgan fingerprint density at radius 1 is 1.50 bits per heavy atom. The average molecular weight is 297 g/mol. The Kier molecular flexibility index (Phi) is 2.46. The zero-order valence-corrected chi connectivity index (χ0v) is 9.83. The SMILES string of the molecule is COc1cc2c(cc1I)CC=C2C#N. The van der Waals surface area contributed by atoms with Gasteiger partial charge in [0, 0.05) is 0 Å². The van der Waals surface area contributed by atoms with Crippen LogP contribution in [0.3, 0.4) is 0 Å². The van der Waals surface area contributed by atoms with Gasteiger partial charge >= 0.3 is 0 Å². The summed E-state index contributed by atoms with van der Waals surface area (Å²) >= 11 is 2.24. The van der Waals surface area contributed by atoms with E-state index < -0.39 is 0 Å². The maximum Gasteiger partial charge on any atom is 0.132 e. The molecular weight excluding hydrogens is 289 g/mol. The van der Waals surface area contributed by atoms with E-state index in [0.29, 0.717) is 0 Å². The molecule has 1 aliphatic carbocycles. The number of nitriles is 1. The molecular formula is C11H8INO. The minimum absolute atomic E-state index is 0.759. The molecule has 3 heteroatoms. The molecule has 1 aromatic carbocycles. The minimum Gasteiger partial charge on any atom is -0.496 e. The molecule has 0 radical (unpaired) electrons. The van der Waals surface area contributed by atoms with Crippen LogP contribution >= 0.6 is 22.6 Å². The highest BCUT2D eigenvalue weighted by atomic mass is 127. The van der Waals surface area contributed by atoms with Crippen molar-refractivity contribution >= 4 is 28.2 Å². The molecule has 0 aromatic heterocycles. The fourth-order valence-corrected chi connectivity index (χ4v) is 2.35. The number of fused-ring (bicyclic) bond motifs is 1. The van der Waals surface area contributed by atoms with Gasteiger partial charge in [-0.1, -0.05) is 6.08 Å². The third-order valence-electron chi connectivity index (χ3n) is 2.31. The number of nitrogens with zero attached hydrogens (tertiary/aromatic N) is 1. The third kappa shape index (κ3) is 1.40. The van der Waals surface area contributed by atoms with Crippen LogP contribution in [-0.2, 0) is 6.42 Å². The highest BCUT2D eigenvalue weighted by Gasteiger charge is 2.16. The van der Waals surface area contributed by atoms with E-state index in [1.165, 1.54) is 5.56 Å². The molecule has 0 aliphatic heterocycles. The van der Waals surface area contributed by atoms with E-state index in [2.05, 4.69) is 34.7 Å². The van der Waals surface area contributed by atoms with Crippen molar-refractivity contribution in [2.24, 2.45) is 0 Å². The predicted octanol–water partition coefficient (Wildman–Crippen LogP) is 2.76. The Labute approximate surface area is 96.3 Å². The van der Waals surface area contributed by atoms with Crippen LogP contribution in [0.15, 0.2) is 18.2 Å². The van der Waals surface area contributed by atoms with Crippen molar-refractivity contribution in [3.8, 4) is 11.8 Å². The smallest absolute Gasteiger partial charge is 0.132 e. The number of methoxy groups -OCH3 is 1. The molecule has 0 spiro atoms. The molecule has 70 valence electrons. The van der Waals surface area contributed by atoms with Gasteiger partial charge in [0.25, 0.3) is 0 Å². The molecule has 0 unspecified atom stereocenters. The van der Waals surface area contributed by atoms with Crippen molar-refractivity contribution < 1.29 is 4.74 Å². The van der Waals surface area contributed by atoms with Crippen LogP contribution in [0.2, 0.25) is 0 Å². The van der Waals surface area contributed by atoms with Crippen molar-refractivity contribution in [3.63, 3.8) is 0 Å². The Morgan fingerprint density at radius 2 is 2.29 bits per heavy atom. The van der Waals surface area contributed by atoms with Gasteiger partial charge in [0.15, 0.2) is 0 Å². The summed E-state index contributed by atoms with van der Waals surface area (Å²) in [5.74, 6) is 0.840. The topological polar surface area (TPSA) is 33.0 Å². The number of halogens is 1. The van der Waals surface area contributed by atoms with Gasteiger partial charge in [-0.15, -0.1) is 0 Å². The summed E-state index contributed by atoms with van der Waals surface area (Å²) in [6.45, 7) is 0. The van der Waals surface area contributed by atoms with Gasteiger partial charge < -0.3 is 4.74 Å². The number of benzene rings is 1. The second kappa shape index (κ2) is 3.62. The molecule has 0 N–H and O–H groups in total. The second-order valence-electron chi connectivity index (χ2n) is 3.08. The molecule has 14 heavy (non-hydrogen) atoms. The normalized spacial score (nSPS) is 13.1. The van der Waals surface area contributed by atoms with Gasteiger partial charge in [-0.3, -0.25) is 0 Å². The molecule has 0 saturated heterocycles. The highest BCUT2D eigenvalue weighted by molar-refractivity contribution is 14.1. The fraction of sp³-hybridized carbons (Fsp3) is 0.182.